The maximum Gasteiger partial charge on any atom is 0.221 e. The molecule has 4 aromatic rings. The van der Waals surface area contributed by atoms with Crippen LogP contribution in [0.25, 0.3) is 10.8 Å². The lowest BCUT2D eigenvalue weighted by Gasteiger charge is -2.17. The Labute approximate surface area is 198 Å². The molecule has 0 fully saturated rings. The van der Waals surface area contributed by atoms with Gasteiger partial charge in [0.05, 0.1) is 20.8 Å². The van der Waals surface area contributed by atoms with E-state index in [1.807, 2.05) is 24.3 Å². The van der Waals surface area contributed by atoms with E-state index >= 15 is 0 Å². The molecule has 176 valence electrons. The van der Waals surface area contributed by atoms with Gasteiger partial charge >= 0.3 is 0 Å². The average molecular weight is 460 g/mol. The number of ether oxygens (including phenoxy) is 3. The van der Waals surface area contributed by atoms with Crippen molar-refractivity contribution < 1.29 is 14.2 Å². The number of rotatable bonds is 10. The van der Waals surface area contributed by atoms with Gasteiger partial charge in [-0.3, -0.25) is 0 Å². The van der Waals surface area contributed by atoms with E-state index in [4.69, 9.17) is 25.7 Å². The summed E-state index contributed by atoms with van der Waals surface area (Å²) in [6.45, 7) is 1.27. The number of nitrogens with two attached hydrogens (primary N) is 2. The maximum atomic E-state index is 6.06. The summed E-state index contributed by atoms with van der Waals surface area (Å²) in [5.74, 6) is 2.25. The second-order valence-electron chi connectivity index (χ2n) is 7.80. The van der Waals surface area contributed by atoms with Crippen LogP contribution in [0, 0.1) is 0 Å². The van der Waals surface area contributed by atoms with Crippen LogP contribution in [0.15, 0.2) is 60.8 Å². The third-order valence-corrected chi connectivity index (χ3v) is 5.50. The number of nitrogen functional groups attached to an aromatic ring is 2. The molecule has 0 radical (unpaired) electrons. The maximum absolute atomic E-state index is 6.06. The van der Waals surface area contributed by atoms with Gasteiger partial charge in [-0.05, 0) is 35.6 Å². The Kier molecular flexibility index (Phi) is 7.17. The summed E-state index contributed by atoms with van der Waals surface area (Å²) in [5, 5.41) is 5.92. The lowest BCUT2D eigenvalue weighted by atomic mass is 10.1. The molecule has 0 aliphatic rings. The van der Waals surface area contributed by atoms with Gasteiger partial charge in [0, 0.05) is 35.8 Å². The van der Waals surface area contributed by atoms with Crippen LogP contribution in [0.5, 0.6) is 17.2 Å². The van der Waals surface area contributed by atoms with Crippen molar-refractivity contribution in [3.8, 4) is 17.2 Å². The molecule has 4 rings (SSSR count). The van der Waals surface area contributed by atoms with Gasteiger partial charge in [-0.2, -0.15) is 4.98 Å². The standard InChI is InChI=1S/C26H29N5O3/c1-32-22-14-17(13-19-16-30-26(28)31-25(19)27)15-23(33-2)24(22)34-12-6-11-29-21-10-5-8-18-7-3-4-9-20(18)21/h3-5,7-10,14-16,29H,6,11-13H2,1-2H3,(H4,27,28,30,31). The van der Waals surface area contributed by atoms with E-state index < -0.39 is 0 Å². The molecule has 0 aliphatic heterocycles. The quantitative estimate of drug-likeness (QED) is 0.301. The van der Waals surface area contributed by atoms with Crippen LogP contribution in [-0.2, 0) is 6.42 Å². The fourth-order valence-electron chi connectivity index (χ4n) is 3.82. The van der Waals surface area contributed by atoms with Gasteiger partial charge in [-0.15, -0.1) is 0 Å². The molecule has 0 saturated heterocycles. The highest BCUT2D eigenvalue weighted by atomic mass is 16.5. The van der Waals surface area contributed by atoms with Crippen LogP contribution in [-0.4, -0.2) is 37.3 Å². The fraction of sp³-hybridized carbons (Fsp3) is 0.231. The lowest BCUT2D eigenvalue weighted by molar-refractivity contribution is 0.273. The number of aromatic nitrogens is 2. The summed E-state index contributed by atoms with van der Waals surface area (Å²) in [6.07, 6.45) is 2.94. The first-order chi connectivity index (χ1) is 16.6. The Hall–Kier alpha value is -4.20. The highest BCUT2D eigenvalue weighted by Crippen LogP contribution is 2.39. The summed E-state index contributed by atoms with van der Waals surface area (Å²) in [7, 11) is 3.21. The molecule has 3 aromatic carbocycles. The van der Waals surface area contributed by atoms with E-state index in [1.54, 1.807) is 20.4 Å². The van der Waals surface area contributed by atoms with Crippen molar-refractivity contribution in [3.05, 3.63) is 71.9 Å². The molecule has 0 amide bonds. The number of methoxy groups -OCH3 is 2. The second kappa shape index (κ2) is 10.6. The Balaban J connectivity index is 1.40. The molecule has 1 heterocycles. The molecular weight excluding hydrogens is 430 g/mol. The van der Waals surface area contributed by atoms with E-state index in [2.05, 4.69) is 45.6 Å². The first-order valence-electron chi connectivity index (χ1n) is 11.0. The molecule has 5 N–H and O–H groups in total. The molecule has 0 atom stereocenters. The molecule has 0 aliphatic carbocycles. The van der Waals surface area contributed by atoms with Gasteiger partial charge in [0.15, 0.2) is 11.5 Å². The van der Waals surface area contributed by atoms with Crippen molar-refractivity contribution in [2.75, 3.05) is 44.2 Å². The van der Waals surface area contributed by atoms with E-state index in [-0.39, 0.29) is 5.95 Å². The van der Waals surface area contributed by atoms with Crippen LogP contribution >= 0.6 is 0 Å². The number of hydrogen-bond donors (Lipinski definition) is 3. The zero-order chi connectivity index (χ0) is 23.9. The minimum absolute atomic E-state index is 0.148. The van der Waals surface area contributed by atoms with Crippen molar-refractivity contribution in [2.24, 2.45) is 0 Å². The van der Waals surface area contributed by atoms with E-state index in [1.165, 1.54) is 10.8 Å². The number of nitrogens with zero attached hydrogens (tertiary/aromatic N) is 2. The van der Waals surface area contributed by atoms with Gasteiger partial charge in [-0.25, -0.2) is 4.98 Å². The van der Waals surface area contributed by atoms with Crippen LogP contribution in [0.4, 0.5) is 17.5 Å². The Bertz CT molecular complexity index is 1250. The number of benzene rings is 3. The highest BCUT2D eigenvalue weighted by molar-refractivity contribution is 5.93. The molecule has 8 nitrogen and oxygen atoms in total. The first-order valence-corrected chi connectivity index (χ1v) is 11.0. The summed E-state index contributed by atoms with van der Waals surface area (Å²) >= 11 is 0. The number of hydrogen-bond acceptors (Lipinski definition) is 8. The predicted octanol–water partition coefficient (Wildman–Crippen LogP) is 4.28. The smallest absolute Gasteiger partial charge is 0.221 e. The molecule has 34 heavy (non-hydrogen) atoms. The van der Waals surface area contributed by atoms with Crippen LogP contribution < -0.4 is 31.0 Å². The molecule has 8 heteroatoms. The number of fused-ring (bicyclic) bond motifs is 1. The third-order valence-electron chi connectivity index (χ3n) is 5.50. The Morgan fingerprint density at radius 3 is 2.41 bits per heavy atom. The normalized spacial score (nSPS) is 10.8. The summed E-state index contributed by atoms with van der Waals surface area (Å²) in [5.41, 5.74) is 14.4. The molecule has 1 aromatic heterocycles. The molecule has 0 spiro atoms. The van der Waals surface area contributed by atoms with E-state index in [0.29, 0.717) is 36.1 Å². The third kappa shape index (κ3) is 5.23. The average Bonchev–Trinajstić information content (AvgIpc) is 2.85. The lowest BCUT2D eigenvalue weighted by Crippen LogP contribution is -2.09. The van der Waals surface area contributed by atoms with Crippen molar-refractivity contribution >= 4 is 28.2 Å². The minimum Gasteiger partial charge on any atom is -0.493 e. The minimum atomic E-state index is 0.148. The Morgan fingerprint density at radius 1 is 0.941 bits per heavy atom. The first kappa shape index (κ1) is 23.0. The van der Waals surface area contributed by atoms with Crippen LogP contribution in [0.2, 0.25) is 0 Å². The van der Waals surface area contributed by atoms with Crippen molar-refractivity contribution in [1.82, 2.24) is 9.97 Å². The Morgan fingerprint density at radius 2 is 1.68 bits per heavy atom. The topological polar surface area (TPSA) is 118 Å². The van der Waals surface area contributed by atoms with E-state index in [0.717, 1.165) is 29.8 Å². The summed E-state index contributed by atoms with van der Waals surface area (Å²) in [4.78, 5) is 8.05. The summed E-state index contributed by atoms with van der Waals surface area (Å²) in [6, 6.07) is 18.4. The van der Waals surface area contributed by atoms with Crippen molar-refractivity contribution in [1.29, 1.82) is 0 Å². The SMILES string of the molecule is COc1cc(Cc2cnc(N)nc2N)cc(OC)c1OCCCNc1cccc2ccccc12. The number of nitrogens with one attached hydrogen (secondary N) is 1. The van der Waals surface area contributed by atoms with Gasteiger partial charge in [0.1, 0.15) is 5.82 Å². The summed E-state index contributed by atoms with van der Waals surface area (Å²) < 4.78 is 17.2. The van der Waals surface area contributed by atoms with Gasteiger partial charge < -0.3 is 31.0 Å². The van der Waals surface area contributed by atoms with Gasteiger partial charge in [0.2, 0.25) is 11.7 Å². The molecular formula is C26H29N5O3. The number of anilines is 3. The monoisotopic (exact) mass is 459 g/mol. The van der Waals surface area contributed by atoms with E-state index in [9.17, 15) is 0 Å². The molecule has 0 saturated carbocycles. The highest BCUT2D eigenvalue weighted by Gasteiger charge is 2.15. The van der Waals surface area contributed by atoms with Gasteiger partial charge in [-0.1, -0.05) is 36.4 Å². The second-order valence-corrected chi connectivity index (χ2v) is 7.80. The van der Waals surface area contributed by atoms with Crippen molar-refractivity contribution in [2.45, 2.75) is 12.8 Å². The van der Waals surface area contributed by atoms with Crippen molar-refractivity contribution in [3.63, 3.8) is 0 Å². The van der Waals surface area contributed by atoms with Crippen LogP contribution in [0.1, 0.15) is 17.5 Å². The predicted molar refractivity (Wildman–Crippen MR) is 136 cm³/mol. The molecule has 0 unspecified atom stereocenters. The van der Waals surface area contributed by atoms with Crippen LogP contribution in [0.3, 0.4) is 0 Å². The zero-order valence-corrected chi connectivity index (χ0v) is 19.4. The largest absolute Gasteiger partial charge is 0.493 e. The fourth-order valence-corrected chi connectivity index (χ4v) is 3.82. The zero-order valence-electron chi connectivity index (χ0n) is 19.4. The van der Waals surface area contributed by atoms with Gasteiger partial charge in [0.25, 0.3) is 0 Å². The molecule has 0 bridgehead atoms.